The van der Waals surface area contributed by atoms with Crippen molar-refractivity contribution in [3.8, 4) is 0 Å². The van der Waals surface area contributed by atoms with Crippen molar-refractivity contribution in [2.75, 3.05) is 32.7 Å². The molecule has 0 bridgehead atoms. The van der Waals surface area contributed by atoms with Crippen LogP contribution >= 0.6 is 15.9 Å². The molecule has 1 heterocycles. The standard InChI is InChI=1S/C20H30BrN3O2/c1-4-24(5-2)20(26)17-10-12-23(13-11-17)14-19(25)22-15(3)16-6-8-18(21)9-7-16/h6-9,15,17H,4-5,10-14H2,1-3H3,(H,22,25). The summed E-state index contributed by atoms with van der Waals surface area (Å²) in [5, 5.41) is 3.06. The summed E-state index contributed by atoms with van der Waals surface area (Å²) in [4.78, 5) is 28.8. The number of carbonyl (C=O) groups excluding carboxylic acids is 2. The van der Waals surface area contributed by atoms with E-state index in [-0.39, 0.29) is 23.8 Å². The van der Waals surface area contributed by atoms with E-state index in [0.29, 0.717) is 6.54 Å². The van der Waals surface area contributed by atoms with Gasteiger partial charge in [0.2, 0.25) is 11.8 Å². The van der Waals surface area contributed by atoms with Crippen molar-refractivity contribution in [2.24, 2.45) is 5.92 Å². The van der Waals surface area contributed by atoms with Gasteiger partial charge in [0.1, 0.15) is 0 Å². The maximum Gasteiger partial charge on any atom is 0.234 e. The Hall–Kier alpha value is -1.40. The van der Waals surface area contributed by atoms with Crippen LogP contribution in [-0.4, -0.2) is 54.3 Å². The fourth-order valence-electron chi connectivity index (χ4n) is 3.46. The molecule has 1 N–H and O–H groups in total. The van der Waals surface area contributed by atoms with Gasteiger partial charge in [-0.2, -0.15) is 0 Å². The molecule has 0 aromatic heterocycles. The monoisotopic (exact) mass is 423 g/mol. The molecular weight excluding hydrogens is 394 g/mol. The minimum atomic E-state index is -0.0163. The number of nitrogens with zero attached hydrogens (tertiary/aromatic N) is 2. The van der Waals surface area contributed by atoms with Gasteiger partial charge in [-0.15, -0.1) is 0 Å². The summed E-state index contributed by atoms with van der Waals surface area (Å²) >= 11 is 3.42. The SMILES string of the molecule is CCN(CC)C(=O)C1CCN(CC(=O)NC(C)c2ccc(Br)cc2)CC1. The van der Waals surface area contributed by atoms with Crippen LogP contribution in [0.3, 0.4) is 0 Å². The van der Waals surface area contributed by atoms with E-state index in [9.17, 15) is 9.59 Å². The van der Waals surface area contributed by atoms with Crippen LogP contribution in [0.2, 0.25) is 0 Å². The molecule has 2 amide bonds. The molecule has 0 aliphatic carbocycles. The van der Waals surface area contributed by atoms with Crippen LogP contribution in [0.1, 0.15) is 45.2 Å². The van der Waals surface area contributed by atoms with E-state index in [0.717, 1.165) is 49.1 Å². The highest BCUT2D eigenvalue weighted by Crippen LogP contribution is 2.20. The summed E-state index contributed by atoms with van der Waals surface area (Å²) in [6, 6.07) is 7.97. The van der Waals surface area contributed by atoms with Crippen LogP contribution < -0.4 is 5.32 Å². The van der Waals surface area contributed by atoms with Crippen molar-refractivity contribution in [1.29, 1.82) is 0 Å². The van der Waals surface area contributed by atoms with Crippen LogP contribution in [0.4, 0.5) is 0 Å². The number of rotatable bonds is 7. The molecule has 1 saturated heterocycles. The zero-order valence-electron chi connectivity index (χ0n) is 16.0. The third kappa shape index (κ3) is 5.81. The summed E-state index contributed by atoms with van der Waals surface area (Å²) in [7, 11) is 0. The second-order valence-corrected chi connectivity index (χ2v) is 7.82. The number of piperidine rings is 1. The number of hydrogen-bond acceptors (Lipinski definition) is 3. The Balaban J connectivity index is 1.77. The lowest BCUT2D eigenvalue weighted by atomic mass is 9.95. The van der Waals surface area contributed by atoms with Crippen LogP contribution in [0.25, 0.3) is 0 Å². The first-order valence-corrected chi connectivity index (χ1v) is 10.3. The summed E-state index contributed by atoms with van der Waals surface area (Å²) < 4.78 is 1.03. The van der Waals surface area contributed by atoms with Crippen LogP contribution in [0.5, 0.6) is 0 Å². The van der Waals surface area contributed by atoms with Gasteiger partial charge in [0.25, 0.3) is 0 Å². The molecule has 0 spiro atoms. The molecule has 0 radical (unpaired) electrons. The van der Waals surface area contributed by atoms with E-state index in [1.165, 1.54) is 0 Å². The molecule has 1 unspecified atom stereocenters. The van der Waals surface area contributed by atoms with E-state index in [4.69, 9.17) is 0 Å². The van der Waals surface area contributed by atoms with E-state index in [2.05, 4.69) is 26.1 Å². The summed E-state index contributed by atoms with van der Waals surface area (Å²) in [6.07, 6.45) is 1.68. The molecule has 1 aromatic carbocycles. The predicted molar refractivity (Wildman–Crippen MR) is 108 cm³/mol. The zero-order valence-corrected chi connectivity index (χ0v) is 17.6. The van der Waals surface area contributed by atoms with Gasteiger partial charge < -0.3 is 10.2 Å². The van der Waals surface area contributed by atoms with Gasteiger partial charge in [0.05, 0.1) is 12.6 Å². The highest BCUT2D eigenvalue weighted by molar-refractivity contribution is 9.10. The first kappa shape index (κ1) is 20.9. The predicted octanol–water partition coefficient (Wildman–Crippen LogP) is 3.21. The van der Waals surface area contributed by atoms with E-state index < -0.39 is 0 Å². The molecule has 0 saturated carbocycles. The molecular formula is C20H30BrN3O2. The Morgan fingerprint density at radius 3 is 2.31 bits per heavy atom. The number of nitrogens with one attached hydrogen (secondary N) is 1. The fraction of sp³-hybridized carbons (Fsp3) is 0.600. The van der Waals surface area contributed by atoms with Crippen LogP contribution in [0.15, 0.2) is 28.7 Å². The van der Waals surface area contributed by atoms with Gasteiger partial charge in [-0.05, 0) is 64.4 Å². The molecule has 1 aromatic rings. The molecule has 1 fully saturated rings. The Kier molecular flexibility index (Phi) is 8.10. The molecule has 1 aliphatic heterocycles. The Bertz CT molecular complexity index is 594. The van der Waals surface area contributed by atoms with Crippen molar-refractivity contribution >= 4 is 27.7 Å². The Labute approximate surface area is 165 Å². The number of carbonyl (C=O) groups is 2. The third-order valence-corrected chi connectivity index (χ3v) is 5.66. The molecule has 26 heavy (non-hydrogen) atoms. The van der Waals surface area contributed by atoms with Crippen molar-refractivity contribution < 1.29 is 9.59 Å². The van der Waals surface area contributed by atoms with Crippen LogP contribution in [0, 0.1) is 5.92 Å². The summed E-state index contributed by atoms with van der Waals surface area (Å²) in [5.74, 6) is 0.410. The van der Waals surface area contributed by atoms with Crippen molar-refractivity contribution in [1.82, 2.24) is 15.1 Å². The molecule has 5 nitrogen and oxygen atoms in total. The normalized spacial score (nSPS) is 16.9. The quantitative estimate of drug-likeness (QED) is 0.732. The molecule has 1 atom stereocenters. The Morgan fingerprint density at radius 2 is 1.77 bits per heavy atom. The highest BCUT2D eigenvalue weighted by Gasteiger charge is 2.28. The minimum absolute atomic E-state index is 0.0163. The van der Waals surface area contributed by atoms with Gasteiger partial charge in [0, 0.05) is 23.5 Å². The van der Waals surface area contributed by atoms with E-state index >= 15 is 0 Å². The molecule has 2 rings (SSSR count). The highest BCUT2D eigenvalue weighted by atomic mass is 79.9. The van der Waals surface area contributed by atoms with Gasteiger partial charge >= 0.3 is 0 Å². The van der Waals surface area contributed by atoms with E-state index in [1.807, 2.05) is 49.9 Å². The fourth-order valence-corrected chi connectivity index (χ4v) is 3.72. The number of halogens is 1. The average molecular weight is 424 g/mol. The number of benzene rings is 1. The van der Waals surface area contributed by atoms with Crippen molar-refractivity contribution in [3.63, 3.8) is 0 Å². The van der Waals surface area contributed by atoms with Gasteiger partial charge in [0.15, 0.2) is 0 Å². The van der Waals surface area contributed by atoms with Crippen LogP contribution in [-0.2, 0) is 9.59 Å². The third-order valence-electron chi connectivity index (χ3n) is 5.13. The maximum absolute atomic E-state index is 12.4. The Morgan fingerprint density at radius 1 is 1.19 bits per heavy atom. The van der Waals surface area contributed by atoms with Crippen molar-refractivity contribution in [2.45, 2.75) is 39.7 Å². The molecule has 144 valence electrons. The molecule has 1 aliphatic rings. The lowest BCUT2D eigenvalue weighted by Gasteiger charge is -2.33. The van der Waals surface area contributed by atoms with Gasteiger partial charge in [-0.25, -0.2) is 0 Å². The minimum Gasteiger partial charge on any atom is -0.348 e. The second-order valence-electron chi connectivity index (χ2n) is 6.90. The number of hydrogen-bond donors (Lipinski definition) is 1. The lowest BCUT2D eigenvalue weighted by Crippen LogP contribution is -2.45. The zero-order chi connectivity index (χ0) is 19.1. The van der Waals surface area contributed by atoms with Crippen molar-refractivity contribution in [3.05, 3.63) is 34.3 Å². The molecule has 6 heteroatoms. The summed E-state index contributed by atoms with van der Waals surface area (Å²) in [5.41, 5.74) is 1.09. The first-order valence-electron chi connectivity index (χ1n) is 9.50. The van der Waals surface area contributed by atoms with Gasteiger partial charge in [-0.3, -0.25) is 14.5 Å². The average Bonchev–Trinajstić information content (AvgIpc) is 2.63. The lowest BCUT2D eigenvalue weighted by molar-refractivity contribution is -0.136. The second kappa shape index (κ2) is 10.1. The van der Waals surface area contributed by atoms with E-state index in [1.54, 1.807) is 0 Å². The smallest absolute Gasteiger partial charge is 0.234 e. The van der Waals surface area contributed by atoms with Gasteiger partial charge in [-0.1, -0.05) is 28.1 Å². The summed E-state index contributed by atoms with van der Waals surface area (Å²) in [6.45, 7) is 9.58. The largest absolute Gasteiger partial charge is 0.348 e. The number of amides is 2. The first-order chi connectivity index (χ1) is 12.4. The topological polar surface area (TPSA) is 52.7 Å². The number of likely N-dealkylation sites (tertiary alicyclic amines) is 1. The maximum atomic E-state index is 12.4.